The molecule has 0 unspecified atom stereocenters. The highest BCUT2D eigenvalue weighted by Crippen LogP contribution is 2.10. The molecule has 0 aromatic heterocycles. The fourth-order valence-corrected chi connectivity index (χ4v) is 1.13. The molecule has 0 atom stereocenters. The minimum absolute atomic E-state index is 0.0952. The highest BCUT2D eigenvalue weighted by molar-refractivity contribution is 9.09. The summed E-state index contributed by atoms with van der Waals surface area (Å²) in [6, 6.07) is 6.56. The Kier molecular flexibility index (Phi) is 4.16. The van der Waals surface area contributed by atoms with Crippen LogP contribution in [0.15, 0.2) is 18.2 Å². The van der Waals surface area contributed by atoms with Gasteiger partial charge >= 0.3 is 0 Å². The predicted octanol–water partition coefficient (Wildman–Crippen LogP) is 2.64. The lowest BCUT2D eigenvalue weighted by Crippen LogP contribution is -1.89. The molecule has 0 aliphatic heterocycles. The van der Waals surface area contributed by atoms with Crippen molar-refractivity contribution in [2.24, 2.45) is 0 Å². The van der Waals surface area contributed by atoms with Gasteiger partial charge in [-0.1, -0.05) is 33.8 Å². The van der Waals surface area contributed by atoms with E-state index in [0.29, 0.717) is 16.5 Å². The molecular formula is C11H7BrFN. The third-order valence-corrected chi connectivity index (χ3v) is 1.90. The second kappa shape index (κ2) is 5.42. The van der Waals surface area contributed by atoms with Crippen LogP contribution in [0.4, 0.5) is 4.39 Å². The molecule has 1 aromatic carbocycles. The van der Waals surface area contributed by atoms with Gasteiger partial charge in [0.15, 0.2) is 0 Å². The second-order valence-corrected chi connectivity index (χ2v) is 3.14. The van der Waals surface area contributed by atoms with E-state index in [9.17, 15) is 4.39 Å². The molecule has 0 aliphatic rings. The number of halogens is 2. The van der Waals surface area contributed by atoms with Crippen molar-refractivity contribution in [1.82, 2.24) is 0 Å². The van der Waals surface area contributed by atoms with E-state index in [1.807, 2.05) is 6.07 Å². The SMILES string of the molecule is N#CCc1ccc(C#CCBr)cc1F. The van der Waals surface area contributed by atoms with Crippen LogP contribution in [0.25, 0.3) is 0 Å². The van der Waals surface area contributed by atoms with Crippen molar-refractivity contribution in [3.63, 3.8) is 0 Å². The van der Waals surface area contributed by atoms with Crippen molar-refractivity contribution >= 4 is 15.9 Å². The molecule has 1 rings (SSSR count). The van der Waals surface area contributed by atoms with E-state index in [0.717, 1.165) is 0 Å². The number of nitriles is 1. The summed E-state index contributed by atoms with van der Waals surface area (Å²) in [7, 11) is 0. The molecule has 14 heavy (non-hydrogen) atoms. The number of hydrogen-bond donors (Lipinski definition) is 0. The lowest BCUT2D eigenvalue weighted by Gasteiger charge is -1.97. The smallest absolute Gasteiger partial charge is 0.128 e. The summed E-state index contributed by atoms with van der Waals surface area (Å²) in [5.41, 5.74) is 1.04. The Morgan fingerprint density at radius 2 is 2.21 bits per heavy atom. The summed E-state index contributed by atoms with van der Waals surface area (Å²) < 4.78 is 13.2. The molecule has 70 valence electrons. The monoisotopic (exact) mass is 251 g/mol. The Bertz CT molecular complexity index is 423. The van der Waals surface area contributed by atoms with Gasteiger partial charge < -0.3 is 0 Å². The topological polar surface area (TPSA) is 23.8 Å². The minimum atomic E-state index is -0.368. The van der Waals surface area contributed by atoms with Gasteiger partial charge in [0.2, 0.25) is 0 Å². The first-order valence-corrected chi connectivity index (χ1v) is 5.10. The molecule has 0 N–H and O–H groups in total. The number of nitrogens with zero attached hydrogens (tertiary/aromatic N) is 1. The van der Waals surface area contributed by atoms with Crippen molar-refractivity contribution < 1.29 is 4.39 Å². The van der Waals surface area contributed by atoms with Crippen molar-refractivity contribution in [3.05, 3.63) is 35.1 Å². The number of benzene rings is 1. The Labute approximate surface area is 90.7 Å². The zero-order chi connectivity index (χ0) is 10.4. The number of alkyl halides is 1. The fourth-order valence-electron chi connectivity index (χ4n) is 0.989. The predicted molar refractivity (Wildman–Crippen MR) is 56.4 cm³/mol. The van der Waals surface area contributed by atoms with Crippen molar-refractivity contribution in [2.45, 2.75) is 6.42 Å². The lowest BCUT2D eigenvalue weighted by atomic mass is 10.1. The van der Waals surface area contributed by atoms with Crippen LogP contribution in [-0.4, -0.2) is 5.33 Å². The molecule has 1 aromatic rings. The van der Waals surface area contributed by atoms with Crippen LogP contribution in [0.1, 0.15) is 11.1 Å². The fraction of sp³-hybridized carbons (Fsp3) is 0.182. The van der Waals surface area contributed by atoms with E-state index in [1.54, 1.807) is 12.1 Å². The molecule has 0 saturated heterocycles. The molecule has 0 spiro atoms. The Morgan fingerprint density at radius 1 is 1.43 bits per heavy atom. The molecular weight excluding hydrogens is 245 g/mol. The van der Waals surface area contributed by atoms with Gasteiger partial charge in [-0.3, -0.25) is 0 Å². The van der Waals surface area contributed by atoms with Gasteiger partial charge in [0.05, 0.1) is 17.8 Å². The summed E-state index contributed by atoms with van der Waals surface area (Å²) in [5, 5.41) is 8.97. The third kappa shape index (κ3) is 2.87. The van der Waals surface area contributed by atoms with Gasteiger partial charge in [0.25, 0.3) is 0 Å². The first-order valence-electron chi connectivity index (χ1n) is 3.98. The van der Waals surface area contributed by atoms with Gasteiger partial charge in [-0.2, -0.15) is 5.26 Å². The zero-order valence-corrected chi connectivity index (χ0v) is 8.94. The van der Waals surface area contributed by atoms with Crippen LogP contribution >= 0.6 is 15.9 Å². The van der Waals surface area contributed by atoms with E-state index in [-0.39, 0.29) is 12.2 Å². The summed E-state index contributed by atoms with van der Waals surface area (Å²) in [6.45, 7) is 0. The molecule has 0 bridgehead atoms. The van der Waals surface area contributed by atoms with Gasteiger partial charge in [0, 0.05) is 11.1 Å². The van der Waals surface area contributed by atoms with Crippen LogP contribution in [-0.2, 0) is 6.42 Å². The summed E-state index contributed by atoms with van der Waals surface area (Å²) in [4.78, 5) is 0. The van der Waals surface area contributed by atoms with E-state index >= 15 is 0 Å². The maximum atomic E-state index is 13.2. The largest absolute Gasteiger partial charge is 0.207 e. The van der Waals surface area contributed by atoms with Crippen LogP contribution < -0.4 is 0 Å². The number of hydrogen-bond acceptors (Lipinski definition) is 1. The molecule has 0 radical (unpaired) electrons. The molecule has 0 amide bonds. The summed E-state index contributed by atoms with van der Waals surface area (Å²) in [6.07, 6.45) is 0.0952. The van der Waals surface area contributed by atoms with E-state index in [2.05, 4.69) is 27.8 Å². The van der Waals surface area contributed by atoms with E-state index < -0.39 is 0 Å². The first kappa shape index (κ1) is 10.8. The Balaban J connectivity index is 2.95. The number of rotatable bonds is 1. The second-order valence-electron chi connectivity index (χ2n) is 2.58. The van der Waals surface area contributed by atoms with Crippen LogP contribution in [0.5, 0.6) is 0 Å². The maximum Gasteiger partial charge on any atom is 0.128 e. The maximum absolute atomic E-state index is 13.2. The Hall–Kier alpha value is -1.32. The van der Waals surface area contributed by atoms with Crippen LogP contribution in [0, 0.1) is 29.0 Å². The zero-order valence-electron chi connectivity index (χ0n) is 7.35. The van der Waals surface area contributed by atoms with Gasteiger partial charge in [-0.25, -0.2) is 4.39 Å². The third-order valence-electron chi connectivity index (χ3n) is 1.62. The van der Waals surface area contributed by atoms with Crippen molar-refractivity contribution in [2.75, 3.05) is 5.33 Å². The molecule has 3 heteroatoms. The van der Waals surface area contributed by atoms with Gasteiger partial charge in [-0.15, -0.1) is 0 Å². The lowest BCUT2D eigenvalue weighted by molar-refractivity contribution is 0.615. The average molecular weight is 252 g/mol. The van der Waals surface area contributed by atoms with Crippen LogP contribution in [0.3, 0.4) is 0 Å². The standard InChI is InChI=1S/C11H7BrFN/c12-6-1-2-9-3-4-10(5-7-14)11(13)8-9/h3-4,8H,5-6H2. The van der Waals surface area contributed by atoms with E-state index in [4.69, 9.17) is 5.26 Å². The molecule has 0 fully saturated rings. The highest BCUT2D eigenvalue weighted by atomic mass is 79.9. The minimum Gasteiger partial charge on any atom is -0.207 e. The molecule has 1 nitrogen and oxygen atoms in total. The van der Waals surface area contributed by atoms with Gasteiger partial charge in [-0.05, 0) is 12.1 Å². The van der Waals surface area contributed by atoms with Gasteiger partial charge in [0.1, 0.15) is 5.82 Å². The normalized spacial score (nSPS) is 8.64. The highest BCUT2D eigenvalue weighted by Gasteiger charge is 2.01. The average Bonchev–Trinajstić information content (AvgIpc) is 2.19. The summed E-state index contributed by atoms with van der Waals surface area (Å²) in [5.74, 6) is 5.20. The molecule has 0 saturated carbocycles. The Morgan fingerprint density at radius 3 is 2.79 bits per heavy atom. The summed E-state index contributed by atoms with van der Waals surface area (Å²) >= 11 is 3.15. The molecule has 0 heterocycles. The quantitative estimate of drug-likeness (QED) is 0.556. The van der Waals surface area contributed by atoms with Crippen molar-refractivity contribution in [1.29, 1.82) is 5.26 Å². The first-order chi connectivity index (χ1) is 6.77. The van der Waals surface area contributed by atoms with E-state index in [1.165, 1.54) is 6.07 Å². The van der Waals surface area contributed by atoms with Crippen molar-refractivity contribution in [3.8, 4) is 17.9 Å². The van der Waals surface area contributed by atoms with Crippen LogP contribution in [0.2, 0.25) is 0 Å². The molecule has 0 aliphatic carbocycles.